The van der Waals surface area contributed by atoms with Crippen molar-refractivity contribution in [1.82, 2.24) is 9.78 Å². The summed E-state index contributed by atoms with van der Waals surface area (Å²) in [6.45, 7) is 3.12. The van der Waals surface area contributed by atoms with Gasteiger partial charge in [-0.1, -0.05) is 11.6 Å². The van der Waals surface area contributed by atoms with Crippen molar-refractivity contribution in [3.63, 3.8) is 0 Å². The number of piperidine rings is 1. The van der Waals surface area contributed by atoms with Gasteiger partial charge in [-0.25, -0.2) is 0 Å². The minimum Gasteiger partial charge on any atom is -0.393 e. The maximum Gasteiger partial charge on any atom is 0.292 e. The van der Waals surface area contributed by atoms with Gasteiger partial charge >= 0.3 is 0 Å². The zero-order valence-corrected chi connectivity index (χ0v) is 15.0. The molecule has 1 aliphatic heterocycles. The summed E-state index contributed by atoms with van der Waals surface area (Å²) < 4.78 is 1.12. The Kier molecular flexibility index (Phi) is 5.24. The van der Waals surface area contributed by atoms with E-state index in [1.54, 1.807) is 6.92 Å². The van der Waals surface area contributed by atoms with Crippen LogP contribution in [-0.2, 0) is 0 Å². The van der Waals surface area contributed by atoms with Crippen LogP contribution in [0.3, 0.4) is 0 Å². The van der Waals surface area contributed by atoms with Gasteiger partial charge in [0.2, 0.25) is 0 Å². The number of halogens is 1. The normalized spacial score (nSPS) is 18.6. The fraction of sp³-hybridized carbons (Fsp3) is 0.412. The molecule has 2 aromatic rings. The summed E-state index contributed by atoms with van der Waals surface area (Å²) in [5.41, 5.74) is 0.383. The molecular weight excluding hydrogens is 360 g/mol. The molecule has 2 unspecified atom stereocenters. The highest BCUT2D eigenvalue weighted by Gasteiger charge is 2.26. The van der Waals surface area contributed by atoms with Crippen LogP contribution in [0.15, 0.2) is 35.3 Å². The third kappa shape index (κ3) is 3.56. The molecule has 2 heterocycles. The fourth-order valence-electron chi connectivity index (χ4n) is 3.17. The second kappa shape index (κ2) is 7.43. The first kappa shape index (κ1) is 18.3. The van der Waals surface area contributed by atoms with E-state index in [-0.39, 0.29) is 16.6 Å². The minimum atomic E-state index is -0.509. The molecule has 1 aromatic heterocycles. The van der Waals surface area contributed by atoms with Crippen LogP contribution in [0.5, 0.6) is 0 Å². The Morgan fingerprint density at radius 1 is 1.38 bits per heavy atom. The molecule has 0 radical (unpaired) electrons. The number of aromatic nitrogens is 2. The van der Waals surface area contributed by atoms with Crippen molar-refractivity contribution < 1.29 is 10.0 Å². The molecule has 0 bridgehead atoms. The summed E-state index contributed by atoms with van der Waals surface area (Å²) >= 11 is 6.30. The van der Waals surface area contributed by atoms with E-state index in [1.165, 1.54) is 30.5 Å². The van der Waals surface area contributed by atoms with Gasteiger partial charge in [-0.05, 0) is 31.9 Å². The standard InChI is InChI=1S/C17H19ClN4O4/c1-11(23)12-3-2-8-20(10-12)15-9-19-21(17(24)16(15)18)13-4-6-14(7-5-13)22(25)26/h4-7,9,11-12,23H,2-3,8,10H2,1H3. The van der Waals surface area contributed by atoms with Crippen LogP contribution in [0.4, 0.5) is 11.4 Å². The molecule has 8 nitrogen and oxygen atoms in total. The molecule has 1 N–H and O–H groups in total. The number of benzene rings is 1. The summed E-state index contributed by atoms with van der Waals surface area (Å²) in [6.07, 6.45) is 2.93. The third-order valence-electron chi connectivity index (χ3n) is 4.69. The van der Waals surface area contributed by atoms with Gasteiger partial charge < -0.3 is 10.0 Å². The Morgan fingerprint density at radius 2 is 2.08 bits per heavy atom. The molecule has 1 saturated heterocycles. The van der Waals surface area contributed by atoms with Crippen molar-refractivity contribution in [2.75, 3.05) is 18.0 Å². The maximum absolute atomic E-state index is 12.6. The summed E-state index contributed by atoms with van der Waals surface area (Å²) in [5.74, 6) is 0.122. The predicted molar refractivity (Wildman–Crippen MR) is 98.1 cm³/mol. The lowest BCUT2D eigenvalue weighted by Gasteiger charge is -2.35. The molecule has 9 heteroatoms. The Labute approximate surface area is 154 Å². The van der Waals surface area contributed by atoms with Crippen molar-refractivity contribution >= 4 is 23.0 Å². The molecule has 138 valence electrons. The Hall–Kier alpha value is -2.45. The number of nitro groups is 1. The summed E-state index contributed by atoms with van der Waals surface area (Å²) in [6, 6.07) is 5.52. The number of anilines is 1. The lowest BCUT2D eigenvalue weighted by atomic mass is 9.93. The number of nitrogens with zero attached hydrogens (tertiary/aromatic N) is 4. The molecular formula is C17H19ClN4O4. The predicted octanol–water partition coefficient (Wildman–Crippen LogP) is 2.39. The van der Waals surface area contributed by atoms with Crippen LogP contribution in [0.2, 0.25) is 5.02 Å². The number of aliphatic hydroxyl groups is 1. The Balaban J connectivity index is 1.91. The first-order valence-corrected chi connectivity index (χ1v) is 8.72. The fourth-order valence-corrected chi connectivity index (χ4v) is 3.41. The molecule has 2 atom stereocenters. The second-order valence-corrected chi connectivity index (χ2v) is 6.80. The molecule has 0 aliphatic carbocycles. The second-order valence-electron chi connectivity index (χ2n) is 6.42. The van der Waals surface area contributed by atoms with E-state index in [2.05, 4.69) is 5.10 Å². The van der Waals surface area contributed by atoms with Gasteiger partial charge in [-0.3, -0.25) is 14.9 Å². The summed E-state index contributed by atoms with van der Waals surface area (Å²) in [5, 5.41) is 24.8. The van der Waals surface area contributed by atoms with Crippen molar-refractivity contribution in [3.8, 4) is 5.69 Å². The SMILES string of the molecule is CC(O)C1CCCN(c2cnn(-c3ccc([N+](=O)[O-])cc3)c(=O)c2Cl)C1. The number of nitro benzene ring substituents is 1. The molecule has 0 saturated carbocycles. The summed E-state index contributed by atoms with van der Waals surface area (Å²) in [4.78, 5) is 24.8. The smallest absolute Gasteiger partial charge is 0.292 e. The molecule has 1 fully saturated rings. The highest BCUT2D eigenvalue weighted by Crippen LogP contribution is 2.28. The van der Waals surface area contributed by atoms with E-state index in [0.29, 0.717) is 17.9 Å². The maximum atomic E-state index is 12.6. The van der Waals surface area contributed by atoms with Gasteiger partial charge in [0, 0.05) is 31.1 Å². The van der Waals surface area contributed by atoms with E-state index in [0.717, 1.165) is 24.1 Å². The van der Waals surface area contributed by atoms with E-state index in [1.807, 2.05) is 4.90 Å². The monoisotopic (exact) mass is 378 g/mol. The molecule has 0 spiro atoms. The van der Waals surface area contributed by atoms with Crippen LogP contribution in [0.1, 0.15) is 19.8 Å². The third-order valence-corrected chi connectivity index (χ3v) is 5.04. The number of hydrogen-bond donors (Lipinski definition) is 1. The minimum absolute atomic E-state index is 0.0459. The van der Waals surface area contributed by atoms with Crippen LogP contribution >= 0.6 is 11.6 Å². The molecule has 1 aromatic carbocycles. The van der Waals surface area contributed by atoms with Gasteiger partial charge in [0.1, 0.15) is 5.02 Å². The topological polar surface area (TPSA) is 102 Å². The zero-order valence-electron chi connectivity index (χ0n) is 14.2. The average Bonchev–Trinajstić information content (AvgIpc) is 2.64. The molecule has 1 aliphatic rings. The van der Waals surface area contributed by atoms with Gasteiger partial charge in [-0.2, -0.15) is 9.78 Å². The number of aliphatic hydroxyl groups excluding tert-OH is 1. The van der Waals surface area contributed by atoms with Gasteiger partial charge in [-0.15, -0.1) is 0 Å². The van der Waals surface area contributed by atoms with Crippen LogP contribution in [0.25, 0.3) is 5.69 Å². The number of hydrogen-bond acceptors (Lipinski definition) is 6. The quantitative estimate of drug-likeness (QED) is 0.647. The Morgan fingerprint density at radius 3 is 2.69 bits per heavy atom. The van der Waals surface area contributed by atoms with Gasteiger partial charge in [0.15, 0.2) is 0 Å². The van der Waals surface area contributed by atoms with Crippen molar-refractivity contribution in [2.24, 2.45) is 5.92 Å². The van der Waals surface area contributed by atoms with Crippen molar-refractivity contribution in [1.29, 1.82) is 0 Å². The van der Waals surface area contributed by atoms with Crippen LogP contribution < -0.4 is 10.5 Å². The van der Waals surface area contributed by atoms with Crippen molar-refractivity contribution in [3.05, 3.63) is 56.0 Å². The zero-order chi connectivity index (χ0) is 18.8. The van der Waals surface area contributed by atoms with Gasteiger partial charge in [0.25, 0.3) is 11.2 Å². The van der Waals surface area contributed by atoms with E-state index in [4.69, 9.17) is 11.6 Å². The lowest BCUT2D eigenvalue weighted by molar-refractivity contribution is -0.384. The van der Waals surface area contributed by atoms with E-state index < -0.39 is 16.6 Å². The van der Waals surface area contributed by atoms with Gasteiger partial charge in [0.05, 0.1) is 28.6 Å². The molecule has 0 amide bonds. The Bertz CT molecular complexity index is 866. The van der Waals surface area contributed by atoms with Crippen LogP contribution in [0, 0.1) is 16.0 Å². The van der Waals surface area contributed by atoms with Crippen LogP contribution in [-0.4, -0.2) is 39.0 Å². The molecule has 3 rings (SSSR count). The van der Waals surface area contributed by atoms with E-state index >= 15 is 0 Å². The van der Waals surface area contributed by atoms with E-state index in [9.17, 15) is 20.0 Å². The van der Waals surface area contributed by atoms with Crippen molar-refractivity contribution in [2.45, 2.75) is 25.9 Å². The number of non-ortho nitro benzene ring substituents is 1. The first-order chi connectivity index (χ1) is 12.4. The lowest BCUT2D eigenvalue weighted by Crippen LogP contribution is -2.40. The average molecular weight is 379 g/mol. The number of rotatable bonds is 4. The molecule has 26 heavy (non-hydrogen) atoms. The summed E-state index contributed by atoms with van der Waals surface area (Å²) in [7, 11) is 0. The highest BCUT2D eigenvalue weighted by atomic mass is 35.5. The largest absolute Gasteiger partial charge is 0.393 e. The first-order valence-electron chi connectivity index (χ1n) is 8.34. The highest BCUT2D eigenvalue weighted by molar-refractivity contribution is 6.33.